The van der Waals surface area contributed by atoms with Crippen LogP contribution in [0.3, 0.4) is 0 Å². The maximum Gasteiger partial charge on any atom is 0.243 e. The van der Waals surface area contributed by atoms with Crippen molar-refractivity contribution in [2.45, 2.75) is 32.2 Å². The van der Waals surface area contributed by atoms with Gasteiger partial charge in [0.15, 0.2) is 5.65 Å². The first-order valence-corrected chi connectivity index (χ1v) is 13.5. The molecule has 2 aromatic heterocycles. The molecule has 4 aromatic rings. The minimum Gasteiger partial charge on any atom is -0.497 e. The molecule has 9 heteroatoms. The number of piperazine rings is 1. The summed E-state index contributed by atoms with van der Waals surface area (Å²) in [5.41, 5.74) is 5.26. The Morgan fingerprint density at radius 2 is 1.61 bits per heavy atom. The van der Waals surface area contributed by atoms with E-state index >= 15 is 0 Å². The molecule has 0 saturated carbocycles. The number of sulfonamides is 1. The summed E-state index contributed by atoms with van der Waals surface area (Å²) in [5.74, 6) is 1.66. The standard InChI is InChI=1S/C27H31N5O3S/c1-19-16-20(2)26(21(3)17-19)36(33,34)31-14-12-30(13-15-31)18-25-29-24-6-5-11-28-27(24)32(25)22-7-9-23(35-4)10-8-22/h5-11,16-17H,12-15,18H2,1-4H3. The zero-order valence-corrected chi connectivity index (χ0v) is 21.9. The monoisotopic (exact) mass is 505 g/mol. The largest absolute Gasteiger partial charge is 0.497 e. The van der Waals surface area contributed by atoms with Crippen LogP contribution >= 0.6 is 0 Å². The molecule has 8 nitrogen and oxygen atoms in total. The Bertz CT molecular complexity index is 1480. The van der Waals surface area contributed by atoms with E-state index in [9.17, 15) is 8.42 Å². The quantitative estimate of drug-likeness (QED) is 0.396. The fourth-order valence-electron chi connectivity index (χ4n) is 5.10. The summed E-state index contributed by atoms with van der Waals surface area (Å²) in [6.07, 6.45) is 1.77. The third-order valence-electron chi connectivity index (χ3n) is 6.71. The van der Waals surface area contributed by atoms with Crippen molar-refractivity contribution in [3.8, 4) is 11.4 Å². The highest BCUT2D eigenvalue weighted by Gasteiger charge is 2.31. The summed E-state index contributed by atoms with van der Waals surface area (Å²) in [6, 6.07) is 15.6. The molecule has 0 unspecified atom stereocenters. The molecule has 1 aliphatic rings. The first-order valence-electron chi connectivity index (χ1n) is 12.0. The van der Waals surface area contributed by atoms with E-state index in [1.165, 1.54) is 0 Å². The van der Waals surface area contributed by atoms with Gasteiger partial charge in [0.25, 0.3) is 0 Å². The van der Waals surface area contributed by atoms with E-state index in [2.05, 4.69) is 14.5 Å². The van der Waals surface area contributed by atoms with Gasteiger partial charge in [-0.1, -0.05) is 17.7 Å². The lowest BCUT2D eigenvalue weighted by atomic mass is 10.1. The molecule has 1 saturated heterocycles. The number of nitrogens with zero attached hydrogens (tertiary/aromatic N) is 5. The normalized spacial score (nSPS) is 15.4. The Hall–Kier alpha value is -3.27. The predicted octanol–water partition coefficient (Wildman–Crippen LogP) is 3.86. The maximum absolute atomic E-state index is 13.5. The number of hydrogen-bond donors (Lipinski definition) is 0. The van der Waals surface area contributed by atoms with E-state index in [1.807, 2.05) is 69.3 Å². The number of ether oxygens (including phenoxy) is 1. The molecule has 2 aromatic carbocycles. The lowest BCUT2D eigenvalue weighted by Crippen LogP contribution is -2.48. The van der Waals surface area contributed by atoms with Crippen molar-refractivity contribution < 1.29 is 13.2 Å². The molecule has 1 fully saturated rings. The van der Waals surface area contributed by atoms with Gasteiger partial charge in [0, 0.05) is 38.1 Å². The van der Waals surface area contributed by atoms with Crippen molar-refractivity contribution in [3.05, 3.63) is 77.2 Å². The summed E-state index contributed by atoms with van der Waals surface area (Å²) in [6.45, 7) is 8.47. The minimum absolute atomic E-state index is 0.439. The van der Waals surface area contributed by atoms with Crippen molar-refractivity contribution >= 4 is 21.2 Å². The number of imidazole rings is 1. The number of aromatic nitrogens is 3. The van der Waals surface area contributed by atoms with Crippen molar-refractivity contribution in [3.63, 3.8) is 0 Å². The third kappa shape index (κ3) is 4.50. The molecule has 0 amide bonds. The minimum atomic E-state index is -3.55. The molecule has 188 valence electrons. The van der Waals surface area contributed by atoms with Crippen LogP contribution in [0.15, 0.2) is 59.6 Å². The highest BCUT2D eigenvalue weighted by atomic mass is 32.2. The Morgan fingerprint density at radius 3 is 2.25 bits per heavy atom. The van der Waals surface area contributed by atoms with Crippen LogP contribution < -0.4 is 4.74 Å². The number of methoxy groups -OCH3 is 1. The van der Waals surface area contributed by atoms with Crippen LogP contribution in [0.4, 0.5) is 0 Å². The summed E-state index contributed by atoms with van der Waals surface area (Å²) in [7, 11) is -1.90. The molecule has 0 radical (unpaired) electrons. The SMILES string of the molecule is COc1ccc(-n2c(CN3CCN(S(=O)(=O)c4c(C)cc(C)cc4C)CC3)nc3cccnc32)cc1. The number of benzene rings is 2. The van der Waals surface area contributed by atoms with Gasteiger partial charge in [-0.3, -0.25) is 9.47 Å². The second-order valence-corrected chi connectivity index (χ2v) is 11.2. The smallest absolute Gasteiger partial charge is 0.243 e. The zero-order chi connectivity index (χ0) is 25.4. The maximum atomic E-state index is 13.5. The van der Waals surface area contributed by atoms with E-state index in [-0.39, 0.29) is 0 Å². The van der Waals surface area contributed by atoms with Gasteiger partial charge in [-0.2, -0.15) is 4.31 Å². The fourth-order valence-corrected chi connectivity index (χ4v) is 6.93. The molecule has 0 spiro atoms. The van der Waals surface area contributed by atoms with E-state index in [1.54, 1.807) is 17.6 Å². The summed E-state index contributed by atoms with van der Waals surface area (Å²) >= 11 is 0. The molecule has 3 heterocycles. The molecular formula is C27H31N5O3S. The van der Waals surface area contributed by atoms with Crippen LogP contribution in [0.1, 0.15) is 22.5 Å². The fraction of sp³-hybridized carbons (Fsp3) is 0.333. The third-order valence-corrected chi connectivity index (χ3v) is 8.92. The predicted molar refractivity (Wildman–Crippen MR) is 140 cm³/mol. The second-order valence-electron chi connectivity index (χ2n) is 9.32. The topological polar surface area (TPSA) is 80.6 Å². The summed E-state index contributed by atoms with van der Waals surface area (Å²) in [4.78, 5) is 12.1. The van der Waals surface area contributed by atoms with Gasteiger partial charge < -0.3 is 4.74 Å². The average molecular weight is 506 g/mol. The van der Waals surface area contributed by atoms with Crippen molar-refractivity contribution in [2.75, 3.05) is 33.3 Å². The van der Waals surface area contributed by atoms with Crippen LogP contribution in [-0.4, -0.2) is 65.4 Å². The molecule has 36 heavy (non-hydrogen) atoms. The molecule has 0 bridgehead atoms. The zero-order valence-electron chi connectivity index (χ0n) is 21.1. The number of fused-ring (bicyclic) bond motifs is 1. The average Bonchev–Trinajstić information content (AvgIpc) is 3.21. The first-order chi connectivity index (χ1) is 17.3. The van der Waals surface area contributed by atoms with E-state index in [4.69, 9.17) is 9.72 Å². The Kier molecular flexibility index (Phi) is 6.55. The van der Waals surface area contributed by atoms with Gasteiger partial charge in [0.1, 0.15) is 17.1 Å². The van der Waals surface area contributed by atoms with Gasteiger partial charge in [0.2, 0.25) is 10.0 Å². The van der Waals surface area contributed by atoms with Crippen LogP contribution in [0.25, 0.3) is 16.9 Å². The van der Waals surface area contributed by atoms with E-state index < -0.39 is 10.0 Å². The highest BCUT2D eigenvalue weighted by Crippen LogP contribution is 2.27. The number of aryl methyl sites for hydroxylation is 3. The van der Waals surface area contributed by atoms with E-state index in [0.29, 0.717) is 37.6 Å². The molecule has 0 N–H and O–H groups in total. The number of pyridine rings is 1. The van der Waals surface area contributed by atoms with Gasteiger partial charge in [0.05, 0.1) is 18.6 Å². The van der Waals surface area contributed by atoms with Gasteiger partial charge in [-0.05, 0) is 68.3 Å². The Morgan fingerprint density at radius 1 is 0.944 bits per heavy atom. The number of rotatable bonds is 6. The van der Waals surface area contributed by atoms with Crippen molar-refractivity contribution in [2.24, 2.45) is 0 Å². The summed E-state index contributed by atoms with van der Waals surface area (Å²) < 4.78 is 36.0. The molecular weight excluding hydrogens is 474 g/mol. The number of hydrogen-bond acceptors (Lipinski definition) is 6. The van der Waals surface area contributed by atoms with Gasteiger partial charge in [-0.15, -0.1) is 0 Å². The first kappa shape index (κ1) is 24.4. The van der Waals surface area contributed by atoms with Gasteiger partial charge >= 0.3 is 0 Å². The summed E-state index contributed by atoms with van der Waals surface area (Å²) in [5, 5.41) is 0. The van der Waals surface area contributed by atoms with Crippen LogP contribution in [0.2, 0.25) is 0 Å². The lowest BCUT2D eigenvalue weighted by molar-refractivity contribution is 0.177. The molecule has 1 aliphatic heterocycles. The molecule has 5 rings (SSSR count). The van der Waals surface area contributed by atoms with Crippen LogP contribution in [0, 0.1) is 20.8 Å². The lowest BCUT2D eigenvalue weighted by Gasteiger charge is -2.34. The molecule has 0 aliphatic carbocycles. The molecule has 0 atom stereocenters. The van der Waals surface area contributed by atoms with E-state index in [0.717, 1.165) is 45.1 Å². The van der Waals surface area contributed by atoms with Crippen molar-refractivity contribution in [1.29, 1.82) is 0 Å². The second kappa shape index (κ2) is 9.65. The van der Waals surface area contributed by atoms with Crippen LogP contribution in [-0.2, 0) is 16.6 Å². The Labute approximate surface area is 212 Å². The highest BCUT2D eigenvalue weighted by molar-refractivity contribution is 7.89. The van der Waals surface area contributed by atoms with Gasteiger partial charge in [-0.25, -0.2) is 18.4 Å². The Balaban J connectivity index is 1.37. The van der Waals surface area contributed by atoms with Crippen LogP contribution in [0.5, 0.6) is 5.75 Å². The van der Waals surface area contributed by atoms with Crippen molar-refractivity contribution in [1.82, 2.24) is 23.7 Å².